The van der Waals surface area contributed by atoms with Crippen molar-refractivity contribution in [1.82, 2.24) is 9.78 Å². The Balaban J connectivity index is 2.25. The Morgan fingerprint density at radius 3 is 2.56 bits per heavy atom. The number of nitrogens with two attached hydrogens (primary N) is 1. The second kappa shape index (κ2) is 4.78. The lowest BCUT2D eigenvalue weighted by molar-refractivity contribution is 0.187. The predicted molar refractivity (Wildman–Crippen MR) is 65.3 cm³/mol. The molecule has 1 aromatic heterocycles. The molecule has 0 spiro atoms. The minimum absolute atomic E-state index is 0.229. The van der Waals surface area contributed by atoms with E-state index in [0.29, 0.717) is 0 Å². The maximum atomic E-state index is 9.54. The van der Waals surface area contributed by atoms with Gasteiger partial charge in [0.1, 0.15) is 0 Å². The molecule has 0 fully saturated rings. The third-order valence-corrected chi connectivity index (χ3v) is 2.73. The third-order valence-electron chi connectivity index (χ3n) is 2.32. The smallest absolute Gasteiger partial charge is 0.0912 e. The zero-order valence-electron chi connectivity index (χ0n) is 8.55. The molecule has 2 rings (SSSR count). The summed E-state index contributed by atoms with van der Waals surface area (Å²) in [4.78, 5) is 0. The average Bonchev–Trinajstić information content (AvgIpc) is 2.75. The van der Waals surface area contributed by atoms with E-state index in [4.69, 9.17) is 5.73 Å². The van der Waals surface area contributed by atoms with Crippen molar-refractivity contribution in [3.63, 3.8) is 0 Å². The summed E-state index contributed by atoms with van der Waals surface area (Å²) in [6.45, 7) is 0.229. The normalized spacial score (nSPS) is 12.7. The summed E-state index contributed by atoms with van der Waals surface area (Å²) in [7, 11) is 0. The molecule has 0 bridgehead atoms. The van der Waals surface area contributed by atoms with Gasteiger partial charge in [0.15, 0.2) is 0 Å². The predicted octanol–water partition coefficient (Wildman–Crippen LogP) is 1.63. The SMILES string of the molecule is NCC(O)c1ccc(-n2cc(Br)cn2)cc1. The molecule has 4 nitrogen and oxygen atoms in total. The van der Waals surface area contributed by atoms with Gasteiger partial charge >= 0.3 is 0 Å². The number of rotatable bonds is 3. The van der Waals surface area contributed by atoms with E-state index in [1.807, 2.05) is 30.5 Å². The molecule has 0 aliphatic carbocycles. The van der Waals surface area contributed by atoms with Crippen molar-refractivity contribution in [3.05, 3.63) is 46.7 Å². The highest BCUT2D eigenvalue weighted by atomic mass is 79.9. The van der Waals surface area contributed by atoms with Gasteiger partial charge in [-0.1, -0.05) is 12.1 Å². The summed E-state index contributed by atoms with van der Waals surface area (Å²) in [5, 5.41) is 13.7. The first-order valence-electron chi connectivity index (χ1n) is 4.89. The van der Waals surface area contributed by atoms with Crippen molar-refractivity contribution >= 4 is 15.9 Å². The Morgan fingerprint density at radius 2 is 2.06 bits per heavy atom. The number of hydrogen-bond acceptors (Lipinski definition) is 3. The molecule has 16 heavy (non-hydrogen) atoms. The fraction of sp³-hybridized carbons (Fsp3) is 0.182. The Morgan fingerprint density at radius 1 is 1.38 bits per heavy atom. The van der Waals surface area contributed by atoms with Crippen LogP contribution < -0.4 is 5.73 Å². The lowest BCUT2D eigenvalue weighted by Gasteiger charge is -2.08. The number of hydrogen-bond donors (Lipinski definition) is 2. The maximum absolute atomic E-state index is 9.54. The van der Waals surface area contributed by atoms with Crippen LogP contribution in [0.1, 0.15) is 11.7 Å². The lowest BCUT2D eigenvalue weighted by Crippen LogP contribution is -2.11. The highest BCUT2D eigenvalue weighted by Crippen LogP contribution is 2.16. The molecule has 0 aliphatic rings. The summed E-state index contributed by atoms with van der Waals surface area (Å²) in [6, 6.07) is 7.49. The van der Waals surface area contributed by atoms with Gasteiger partial charge in [-0.25, -0.2) is 4.68 Å². The molecule has 5 heteroatoms. The van der Waals surface area contributed by atoms with Gasteiger partial charge in [-0.2, -0.15) is 5.10 Å². The average molecular weight is 282 g/mol. The van der Waals surface area contributed by atoms with E-state index in [-0.39, 0.29) is 6.54 Å². The summed E-state index contributed by atoms with van der Waals surface area (Å²) < 4.78 is 2.68. The minimum Gasteiger partial charge on any atom is -0.387 e. The quantitative estimate of drug-likeness (QED) is 0.899. The number of aromatic nitrogens is 2. The fourth-order valence-corrected chi connectivity index (χ4v) is 1.71. The van der Waals surface area contributed by atoms with E-state index in [0.717, 1.165) is 15.7 Å². The van der Waals surface area contributed by atoms with E-state index in [2.05, 4.69) is 21.0 Å². The van der Waals surface area contributed by atoms with Gasteiger partial charge in [0.2, 0.25) is 0 Å². The molecule has 1 aromatic carbocycles. The number of benzene rings is 1. The molecule has 2 aromatic rings. The van der Waals surface area contributed by atoms with Crippen LogP contribution in [0.25, 0.3) is 5.69 Å². The minimum atomic E-state index is -0.599. The van der Waals surface area contributed by atoms with Crippen LogP contribution in [0.5, 0.6) is 0 Å². The van der Waals surface area contributed by atoms with E-state index in [1.165, 1.54) is 0 Å². The zero-order valence-corrected chi connectivity index (χ0v) is 10.1. The van der Waals surface area contributed by atoms with E-state index in [1.54, 1.807) is 10.9 Å². The van der Waals surface area contributed by atoms with Crippen LogP contribution in [0.15, 0.2) is 41.1 Å². The largest absolute Gasteiger partial charge is 0.387 e. The maximum Gasteiger partial charge on any atom is 0.0912 e. The van der Waals surface area contributed by atoms with Crippen LogP contribution in [-0.4, -0.2) is 21.4 Å². The van der Waals surface area contributed by atoms with Crippen LogP contribution in [0.3, 0.4) is 0 Å². The lowest BCUT2D eigenvalue weighted by atomic mass is 10.1. The summed E-state index contributed by atoms with van der Waals surface area (Å²) in [6.07, 6.45) is 3.00. The van der Waals surface area contributed by atoms with Crippen molar-refractivity contribution in [3.8, 4) is 5.69 Å². The van der Waals surface area contributed by atoms with E-state index >= 15 is 0 Å². The first kappa shape index (κ1) is 11.3. The molecular weight excluding hydrogens is 270 g/mol. The van der Waals surface area contributed by atoms with Crippen molar-refractivity contribution < 1.29 is 5.11 Å². The highest BCUT2D eigenvalue weighted by Gasteiger charge is 2.05. The standard InChI is InChI=1S/C11H12BrN3O/c12-9-6-14-15(7-9)10-3-1-8(2-4-10)11(16)5-13/h1-4,6-7,11,16H,5,13H2. The van der Waals surface area contributed by atoms with Gasteiger partial charge in [0.05, 0.1) is 22.5 Å². The highest BCUT2D eigenvalue weighted by molar-refractivity contribution is 9.10. The summed E-state index contributed by atoms with van der Waals surface area (Å²) >= 11 is 3.34. The third kappa shape index (κ3) is 2.32. The van der Waals surface area contributed by atoms with Crippen LogP contribution in [0.4, 0.5) is 0 Å². The Bertz CT molecular complexity index is 466. The molecule has 0 saturated heterocycles. The van der Waals surface area contributed by atoms with Gasteiger partial charge in [-0.05, 0) is 33.6 Å². The van der Waals surface area contributed by atoms with Crippen LogP contribution in [-0.2, 0) is 0 Å². The number of aliphatic hydroxyl groups is 1. The molecular formula is C11H12BrN3O. The molecule has 1 atom stereocenters. The topological polar surface area (TPSA) is 64.1 Å². The van der Waals surface area contributed by atoms with Crippen molar-refractivity contribution in [1.29, 1.82) is 0 Å². The van der Waals surface area contributed by atoms with Crippen LogP contribution >= 0.6 is 15.9 Å². The molecule has 0 saturated carbocycles. The van der Waals surface area contributed by atoms with Crippen LogP contribution in [0, 0.1) is 0 Å². The molecule has 0 aliphatic heterocycles. The summed E-state index contributed by atoms with van der Waals surface area (Å²) in [5.74, 6) is 0. The second-order valence-electron chi connectivity index (χ2n) is 3.45. The monoisotopic (exact) mass is 281 g/mol. The number of halogens is 1. The molecule has 1 unspecified atom stereocenters. The van der Waals surface area contributed by atoms with E-state index < -0.39 is 6.10 Å². The molecule has 3 N–H and O–H groups in total. The zero-order chi connectivity index (χ0) is 11.5. The van der Waals surface area contributed by atoms with Gasteiger partial charge < -0.3 is 10.8 Å². The van der Waals surface area contributed by atoms with Crippen molar-refractivity contribution in [2.45, 2.75) is 6.10 Å². The second-order valence-corrected chi connectivity index (χ2v) is 4.36. The number of aliphatic hydroxyl groups excluding tert-OH is 1. The first-order valence-corrected chi connectivity index (χ1v) is 5.68. The Kier molecular flexibility index (Phi) is 3.38. The van der Waals surface area contributed by atoms with Crippen LogP contribution in [0.2, 0.25) is 0 Å². The van der Waals surface area contributed by atoms with Crippen molar-refractivity contribution in [2.75, 3.05) is 6.54 Å². The van der Waals surface area contributed by atoms with Gasteiger partial charge in [0, 0.05) is 12.7 Å². The summed E-state index contributed by atoms with van der Waals surface area (Å²) in [5.41, 5.74) is 7.14. The van der Waals surface area contributed by atoms with Gasteiger partial charge in [-0.3, -0.25) is 0 Å². The van der Waals surface area contributed by atoms with Gasteiger partial charge in [-0.15, -0.1) is 0 Å². The molecule has 1 heterocycles. The fourth-order valence-electron chi connectivity index (χ4n) is 1.43. The molecule has 0 radical (unpaired) electrons. The van der Waals surface area contributed by atoms with Gasteiger partial charge in [0.25, 0.3) is 0 Å². The van der Waals surface area contributed by atoms with E-state index in [9.17, 15) is 5.11 Å². The van der Waals surface area contributed by atoms with Crippen molar-refractivity contribution in [2.24, 2.45) is 5.73 Å². The first-order chi connectivity index (χ1) is 7.70. The Hall–Kier alpha value is -1.17. The number of nitrogens with zero attached hydrogens (tertiary/aromatic N) is 2. The molecule has 0 amide bonds. The Labute approximate surface area is 102 Å². The molecule has 84 valence electrons.